The largest absolute Gasteiger partial charge is 0.457 e. The van der Waals surface area contributed by atoms with Crippen LogP contribution in [-0.2, 0) is 11.2 Å². The number of nitro benzene ring substituents is 1. The maximum absolute atomic E-state index is 10.8. The van der Waals surface area contributed by atoms with E-state index in [4.69, 9.17) is 16.2 Å². The van der Waals surface area contributed by atoms with Crippen LogP contribution in [0.2, 0.25) is 0 Å². The molecule has 1 aromatic carbocycles. The van der Waals surface area contributed by atoms with Gasteiger partial charge in [-0.2, -0.15) is 0 Å². The lowest BCUT2D eigenvalue weighted by Gasteiger charge is -2.07. The lowest BCUT2D eigenvalue weighted by molar-refractivity contribution is -0.384. The standard InChI is InChI=1S/C13H12N4O4/c14-11-2-1-9(7-12(11)17(19)20)21-10-3-4-16-8(5-10)6-13(15)18/h1-5,7H,6,14H2,(H2,15,18). The van der Waals surface area contributed by atoms with Gasteiger partial charge in [0.2, 0.25) is 5.91 Å². The van der Waals surface area contributed by atoms with Crippen molar-refractivity contribution < 1.29 is 14.5 Å². The van der Waals surface area contributed by atoms with Crippen molar-refractivity contribution in [2.45, 2.75) is 6.42 Å². The van der Waals surface area contributed by atoms with Gasteiger partial charge < -0.3 is 16.2 Å². The van der Waals surface area contributed by atoms with Gasteiger partial charge in [0.25, 0.3) is 5.69 Å². The van der Waals surface area contributed by atoms with Crippen LogP contribution in [0.1, 0.15) is 5.69 Å². The van der Waals surface area contributed by atoms with E-state index in [2.05, 4.69) is 4.98 Å². The lowest BCUT2D eigenvalue weighted by atomic mass is 10.2. The summed E-state index contributed by atoms with van der Waals surface area (Å²) in [6.45, 7) is 0. The first-order valence-electron chi connectivity index (χ1n) is 5.90. The van der Waals surface area contributed by atoms with Gasteiger partial charge in [0, 0.05) is 12.3 Å². The number of hydrogen-bond acceptors (Lipinski definition) is 6. The molecule has 2 rings (SSSR count). The zero-order valence-electron chi connectivity index (χ0n) is 10.9. The van der Waals surface area contributed by atoms with Crippen LogP contribution < -0.4 is 16.2 Å². The number of anilines is 1. The first kappa shape index (κ1) is 14.3. The topological polar surface area (TPSA) is 134 Å². The van der Waals surface area contributed by atoms with Crippen molar-refractivity contribution in [3.05, 3.63) is 52.3 Å². The van der Waals surface area contributed by atoms with Crippen molar-refractivity contribution in [1.29, 1.82) is 0 Å². The molecular weight excluding hydrogens is 276 g/mol. The molecular formula is C13H12N4O4. The minimum Gasteiger partial charge on any atom is -0.457 e. The summed E-state index contributed by atoms with van der Waals surface area (Å²) in [5.41, 5.74) is 10.9. The summed E-state index contributed by atoms with van der Waals surface area (Å²) < 4.78 is 5.49. The Balaban J connectivity index is 2.24. The molecule has 8 nitrogen and oxygen atoms in total. The van der Waals surface area contributed by atoms with E-state index in [-0.39, 0.29) is 23.5 Å². The molecule has 108 valence electrons. The number of nitrogens with zero attached hydrogens (tertiary/aromatic N) is 2. The fourth-order valence-electron chi connectivity index (χ4n) is 1.68. The number of nitro groups is 1. The number of nitrogens with two attached hydrogens (primary N) is 2. The summed E-state index contributed by atoms with van der Waals surface area (Å²) in [4.78, 5) is 25.0. The Bertz CT molecular complexity index is 702. The molecule has 0 saturated carbocycles. The van der Waals surface area contributed by atoms with Crippen molar-refractivity contribution in [2.24, 2.45) is 5.73 Å². The molecule has 0 saturated heterocycles. The van der Waals surface area contributed by atoms with Gasteiger partial charge in [-0.1, -0.05) is 0 Å². The Labute approximate surface area is 119 Å². The van der Waals surface area contributed by atoms with Gasteiger partial charge in [-0.25, -0.2) is 0 Å². The Morgan fingerprint density at radius 2 is 2.00 bits per heavy atom. The highest BCUT2D eigenvalue weighted by Crippen LogP contribution is 2.29. The first-order chi connectivity index (χ1) is 9.95. The highest BCUT2D eigenvalue weighted by molar-refractivity contribution is 5.76. The zero-order valence-corrected chi connectivity index (χ0v) is 10.9. The van der Waals surface area contributed by atoms with Gasteiger partial charge >= 0.3 is 0 Å². The summed E-state index contributed by atoms with van der Waals surface area (Å²) in [5, 5.41) is 10.8. The summed E-state index contributed by atoms with van der Waals surface area (Å²) in [6.07, 6.45) is 1.44. The van der Waals surface area contributed by atoms with Gasteiger partial charge in [-0.15, -0.1) is 0 Å². The molecule has 0 unspecified atom stereocenters. The average molecular weight is 288 g/mol. The predicted molar refractivity (Wildman–Crippen MR) is 74.7 cm³/mol. The molecule has 8 heteroatoms. The fourth-order valence-corrected chi connectivity index (χ4v) is 1.68. The quantitative estimate of drug-likeness (QED) is 0.485. The maximum atomic E-state index is 10.8. The van der Waals surface area contributed by atoms with Gasteiger partial charge in [-0.3, -0.25) is 19.9 Å². The molecule has 0 spiro atoms. The normalized spacial score (nSPS) is 10.1. The Kier molecular flexibility index (Phi) is 3.98. The highest BCUT2D eigenvalue weighted by Gasteiger charge is 2.13. The molecule has 0 aliphatic carbocycles. The Morgan fingerprint density at radius 1 is 1.29 bits per heavy atom. The van der Waals surface area contributed by atoms with E-state index >= 15 is 0 Å². The van der Waals surface area contributed by atoms with Crippen LogP contribution in [0, 0.1) is 10.1 Å². The molecule has 0 atom stereocenters. The molecule has 4 N–H and O–H groups in total. The van der Waals surface area contributed by atoms with E-state index in [9.17, 15) is 14.9 Å². The van der Waals surface area contributed by atoms with Crippen LogP contribution in [0.25, 0.3) is 0 Å². The van der Waals surface area contributed by atoms with E-state index < -0.39 is 10.8 Å². The number of pyridine rings is 1. The van der Waals surface area contributed by atoms with E-state index in [1.165, 1.54) is 30.5 Å². The number of nitrogen functional groups attached to an aromatic ring is 1. The number of carbonyl (C=O) groups is 1. The number of aromatic nitrogens is 1. The Morgan fingerprint density at radius 3 is 2.67 bits per heavy atom. The molecule has 1 aromatic heterocycles. The summed E-state index contributed by atoms with van der Waals surface area (Å²) >= 11 is 0. The van der Waals surface area contributed by atoms with E-state index in [1.807, 2.05) is 0 Å². The SMILES string of the molecule is NC(=O)Cc1cc(Oc2ccc(N)c([N+](=O)[O-])c2)ccn1. The minimum atomic E-state index is -0.590. The van der Waals surface area contributed by atoms with Crippen LogP contribution >= 0.6 is 0 Å². The van der Waals surface area contributed by atoms with Crippen LogP contribution in [0.5, 0.6) is 11.5 Å². The van der Waals surface area contributed by atoms with Gasteiger partial charge in [0.15, 0.2) is 0 Å². The number of ether oxygens (including phenoxy) is 1. The molecule has 0 bridgehead atoms. The second-order valence-corrected chi connectivity index (χ2v) is 4.21. The number of primary amides is 1. The molecule has 1 amide bonds. The zero-order chi connectivity index (χ0) is 15.4. The third-order valence-corrected chi connectivity index (χ3v) is 2.58. The average Bonchev–Trinajstić information content (AvgIpc) is 2.40. The van der Waals surface area contributed by atoms with Crippen molar-refractivity contribution in [3.8, 4) is 11.5 Å². The van der Waals surface area contributed by atoms with Gasteiger partial charge in [-0.05, 0) is 18.2 Å². The first-order valence-corrected chi connectivity index (χ1v) is 5.90. The maximum Gasteiger partial charge on any atom is 0.295 e. The van der Waals surface area contributed by atoms with E-state index in [0.717, 1.165) is 0 Å². The molecule has 0 aliphatic rings. The van der Waals surface area contributed by atoms with E-state index in [0.29, 0.717) is 11.4 Å². The number of amides is 1. The van der Waals surface area contributed by atoms with Crippen LogP contribution in [-0.4, -0.2) is 15.8 Å². The van der Waals surface area contributed by atoms with Gasteiger partial charge in [0.05, 0.1) is 23.1 Å². The monoisotopic (exact) mass is 288 g/mol. The number of hydrogen-bond donors (Lipinski definition) is 2. The molecule has 1 heterocycles. The Hall–Kier alpha value is -3.16. The third-order valence-electron chi connectivity index (χ3n) is 2.58. The second-order valence-electron chi connectivity index (χ2n) is 4.21. The summed E-state index contributed by atoms with van der Waals surface area (Å²) in [5.74, 6) is 0.134. The van der Waals surface area contributed by atoms with Crippen LogP contribution in [0.15, 0.2) is 36.5 Å². The molecule has 0 fully saturated rings. The van der Waals surface area contributed by atoms with Crippen molar-refractivity contribution >= 4 is 17.3 Å². The summed E-state index contributed by atoms with van der Waals surface area (Å²) in [7, 11) is 0. The molecule has 2 aromatic rings. The second kappa shape index (κ2) is 5.87. The van der Waals surface area contributed by atoms with Crippen LogP contribution in [0.4, 0.5) is 11.4 Å². The van der Waals surface area contributed by atoms with Crippen molar-refractivity contribution in [2.75, 3.05) is 5.73 Å². The van der Waals surface area contributed by atoms with Crippen molar-refractivity contribution in [3.63, 3.8) is 0 Å². The molecule has 0 aliphatic heterocycles. The smallest absolute Gasteiger partial charge is 0.295 e. The number of carbonyl (C=O) groups excluding carboxylic acids is 1. The predicted octanol–water partition coefficient (Wildman–Crippen LogP) is 1.39. The van der Waals surface area contributed by atoms with Crippen molar-refractivity contribution in [1.82, 2.24) is 4.98 Å². The van der Waals surface area contributed by atoms with Crippen LogP contribution in [0.3, 0.4) is 0 Å². The highest BCUT2D eigenvalue weighted by atomic mass is 16.6. The number of rotatable bonds is 5. The minimum absolute atomic E-state index is 0.0148. The summed E-state index contributed by atoms with van der Waals surface area (Å²) in [6, 6.07) is 7.22. The third kappa shape index (κ3) is 3.66. The lowest BCUT2D eigenvalue weighted by Crippen LogP contribution is -2.14. The molecule has 21 heavy (non-hydrogen) atoms. The van der Waals surface area contributed by atoms with Gasteiger partial charge in [0.1, 0.15) is 17.2 Å². The fraction of sp³-hybridized carbons (Fsp3) is 0.0769. The van der Waals surface area contributed by atoms with E-state index in [1.54, 1.807) is 6.07 Å². The molecule has 0 radical (unpaired) electrons. The number of benzene rings is 1.